The molecule has 2 N–H and O–H groups in total. The Morgan fingerprint density at radius 2 is 1.80 bits per heavy atom. The zero-order chi connectivity index (χ0) is 15.0. The van der Waals surface area contributed by atoms with Gasteiger partial charge in [-0.05, 0) is 19.2 Å². The van der Waals surface area contributed by atoms with Crippen molar-refractivity contribution >= 4 is 17.6 Å². The summed E-state index contributed by atoms with van der Waals surface area (Å²) in [5.74, 6) is -1.32. The number of aliphatic carboxylic acids is 1. The first-order valence-electron chi connectivity index (χ1n) is 6.42. The summed E-state index contributed by atoms with van der Waals surface area (Å²) in [5.41, 5.74) is 1.12. The van der Waals surface area contributed by atoms with Gasteiger partial charge in [0, 0.05) is 25.8 Å². The minimum absolute atomic E-state index is 0.190. The highest BCUT2D eigenvalue weighted by Crippen LogP contribution is 2.10. The number of benzene rings is 1. The predicted octanol–water partition coefficient (Wildman–Crippen LogP) is 0.255. The highest BCUT2D eigenvalue weighted by atomic mass is 16.4. The van der Waals surface area contributed by atoms with Gasteiger partial charge in [0.1, 0.15) is 6.54 Å². The lowest BCUT2D eigenvalue weighted by Gasteiger charge is -2.23. The number of carboxylic acids is 1. The fourth-order valence-electron chi connectivity index (χ4n) is 1.69. The number of amides is 1. The molecule has 0 unspecified atom stereocenters. The number of nitrogens with zero attached hydrogens (tertiary/aromatic N) is 2. The molecular formula is C14H21N3O3. The normalized spacial score (nSPS) is 10.3. The Hall–Kier alpha value is -2.08. The second-order valence-electron chi connectivity index (χ2n) is 4.67. The van der Waals surface area contributed by atoms with Crippen molar-refractivity contribution in [1.82, 2.24) is 10.2 Å². The van der Waals surface area contributed by atoms with E-state index in [1.165, 1.54) is 0 Å². The Morgan fingerprint density at radius 1 is 1.15 bits per heavy atom. The zero-order valence-corrected chi connectivity index (χ0v) is 11.9. The van der Waals surface area contributed by atoms with Gasteiger partial charge in [-0.1, -0.05) is 18.2 Å². The van der Waals surface area contributed by atoms with E-state index in [-0.39, 0.29) is 19.0 Å². The Kier molecular flexibility index (Phi) is 6.52. The lowest BCUT2D eigenvalue weighted by Crippen LogP contribution is -2.40. The van der Waals surface area contributed by atoms with Crippen LogP contribution in [0.5, 0.6) is 0 Å². The van der Waals surface area contributed by atoms with Crippen molar-refractivity contribution in [1.29, 1.82) is 0 Å². The van der Waals surface area contributed by atoms with Crippen molar-refractivity contribution in [2.45, 2.75) is 0 Å². The third kappa shape index (κ3) is 6.19. The van der Waals surface area contributed by atoms with Gasteiger partial charge in [0.05, 0.1) is 6.54 Å². The van der Waals surface area contributed by atoms with E-state index in [2.05, 4.69) is 10.2 Å². The van der Waals surface area contributed by atoms with Gasteiger partial charge in [0.2, 0.25) is 5.91 Å². The van der Waals surface area contributed by atoms with E-state index in [1.54, 1.807) is 0 Å². The van der Waals surface area contributed by atoms with Crippen LogP contribution in [0.4, 0.5) is 5.69 Å². The summed E-state index contributed by atoms with van der Waals surface area (Å²) in [5, 5.41) is 10.8. The van der Waals surface area contributed by atoms with E-state index in [4.69, 9.17) is 5.11 Å². The third-order valence-corrected chi connectivity index (χ3v) is 2.86. The molecule has 0 aliphatic rings. The molecule has 1 rings (SSSR count). The van der Waals surface area contributed by atoms with Gasteiger partial charge >= 0.3 is 5.97 Å². The number of hydrogen-bond acceptors (Lipinski definition) is 4. The van der Waals surface area contributed by atoms with Gasteiger partial charge in [-0.2, -0.15) is 0 Å². The van der Waals surface area contributed by atoms with Crippen LogP contribution >= 0.6 is 0 Å². The van der Waals surface area contributed by atoms with E-state index in [0.29, 0.717) is 6.54 Å². The maximum Gasteiger partial charge on any atom is 0.322 e. The molecule has 1 amide bonds. The van der Waals surface area contributed by atoms with Crippen molar-refractivity contribution in [2.75, 3.05) is 45.2 Å². The third-order valence-electron chi connectivity index (χ3n) is 2.86. The number of hydrogen-bond donors (Lipinski definition) is 2. The summed E-state index contributed by atoms with van der Waals surface area (Å²) in [4.78, 5) is 25.7. The molecular weight excluding hydrogens is 258 g/mol. The number of likely N-dealkylation sites (N-methyl/N-ethyl adjacent to an activating group) is 2. The Morgan fingerprint density at radius 3 is 2.40 bits per heavy atom. The molecule has 0 heterocycles. The summed E-state index contributed by atoms with van der Waals surface area (Å²) in [6.45, 7) is 1.35. The van der Waals surface area contributed by atoms with Crippen LogP contribution in [-0.2, 0) is 9.59 Å². The number of nitrogens with one attached hydrogen (secondary N) is 1. The van der Waals surface area contributed by atoms with E-state index in [1.807, 2.05) is 49.3 Å². The smallest absolute Gasteiger partial charge is 0.322 e. The molecule has 0 saturated carbocycles. The van der Waals surface area contributed by atoms with Crippen molar-refractivity contribution in [3.05, 3.63) is 30.3 Å². The lowest BCUT2D eigenvalue weighted by atomic mass is 10.3. The van der Waals surface area contributed by atoms with E-state index in [9.17, 15) is 9.59 Å². The molecule has 0 atom stereocenters. The minimum Gasteiger partial charge on any atom is -0.480 e. The topological polar surface area (TPSA) is 72.9 Å². The first-order chi connectivity index (χ1) is 9.49. The van der Waals surface area contributed by atoms with Gasteiger partial charge in [-0.3, -0.25) is 14.5 Å². The van der Waals surface area contributed by atoms with Gasteiger partial charge in [0.15, 0.2) is 0 Å². The molecule has 0 aromatic heterocycles. The summed E-state index contributed by atoms with van der Waals surface area (Å²) < 4.78 is 0. The van der Waals surface area contributed by atoms with Crippen LogP contribution in [0.1, 0.15) is 0 Å². The van der Waals surface area contributed by atoms with Crippen LogP contribution in [0.3, 0.4) is 0 Å². The average Bonchev–Trinajstić information content (AvgIpc) is 2.43. The van der Waals surface area contributed by atoms with E-state index in [0.717, 1.165) is 12.2 Å². The molecule has 0 bridgehead atoms. The maximum absolute atomic E-state index is 11.4. The van der Waals surface area contributed by atoms with Crippen molar-refractivity contribution in [3.8, 4) is 0 Å². The second kappa shape index (κ2) is 8.16. The molecule has 0 spiro atoms. The van der Waals surface area contributed by atoms with Crippen LogP contribution in [0, 0.1) is 0 Å². The number of carbonyl (C=O) groups is 2. The fraction of sp³-hybridized carbons (Fsp3) is 0.429. The van der Waals surface area contributed by atoms with E-state index < -0.39 is 5.97 Å². The van der Waals surface area contributed by atoms with Crippen molar-refractivity contribution < 1.29 is 14.7 Å². The van der Waals surface area contributed by atoms with Crippen LogP contribution in [-0.4, -0.2) is 62.2 Å². The Balaban J connectivity index is 2.27. The first-order valence-corrected chi connectivity index (χ1v) is 6.42. The molecule has 6 nitrogen and oxygen atoms in total. The molecule has 0 fully saturated rings. The minimum atomic E-state index is -1.04. The molecule has 0 aliphatic heterocycles. The SMILES string of the molecule is CN(CCN(C)c1ccccc1)CC(=O)NCC(=O)O. The van der Waals surface area contributed by atoms with Crippen molar-refractivity contribution in [2.24, 2.45) is 0 Å². The largest absolute Gasteiger partial charge is 0.480 e. The van der Waals surface area contributed by atoms with Crippen molar-refractivity contribution in [3.63, 3.8) is 0 Å². The molecule has 1 aromatic rings. The standard InChI is InChI=1S/C14H21N3O3/c1-16(11-13(18)15-10-14(19)20)8-9-17(2)12-6-4-3-5-7-12/h3-7H,8-11H2,1-2H3,(H,15,18)(H,19,20). The monoisotopic (exact) mass is 279 g/mol. The number of carbonyl (C=O) groups excluding carboxylic acids is 1. The molecule has 0 radical (unpaired) electrons. The van der Waals surface area contributed by atoms with Gasteiger partial charge < -0.3 is 15.3 Å². The fourth-order valence-corrected chi connectivity index (χ4v) is 1.69. The van der Waals surface area contributed by atoms with Crippen LogP contribution in [0.2, 0.25) is 0 Å². The summed E-state index contributed by atoms with van der Waals surface area (Å²) >= 11 is 0. The lowest BCUT2D eigenvalue weighted by molar-refractivity contribution is -0.138. The van der Waals surface area contributed by atoms with Crippen LogP contribution in [0.25, 0.3) is 0 Å². The van der Waals surface area contributed by atoms with Crippen LogP contribution in [0.15, 0.2) is 30.3 Å². The van der Waals surface area contributed by atoms with E-state index >= 15 is 0 Å². The number of para-hydroxylation sites is 1. The molecule has 20 heavy (non-hydrogen) atoms. The summed E-state index contributed by atoms with van der Waals surface area (Å²) in [6, 6.07) is 9.99. The summed E-state index contributed by atoms with van der Waals surface area (Å²) in [7, 11) is 3.83. The Labute approximate surface area is 119 Å². The highest BCUT2D eigenvalue weighted by Gasteiger charge is 2.08. The van der Waals surface area contributed by atoms with Gasteiger partial charge in [-0.15, -0.1) is 0 Å². The molecule has 0 saturated heterocycles. The average molecular weight is 279 g/mol. The Bertz CT molecular complexity index is 437. The van der Waals surface area contributed by atoms with Gasteiger partial charge in [0.25, 0.3) is 0 Å². The molecule has 1 aromatic carbocycles. The molecule has 0 aliphatic carbocycles. The first kappa shape index (κ1) is 16.0. The quantitative estimate of drug-likeness (QED) is 0.714. The molecule has 6 heteroatoms. The number of rotatable bonds is 8. The second-order valence-corrected chi connectivity index (χ2v) is 4.67. The highest BCUT2D eigenvalue weighted by molar-refractivity contribution is 5.82. The zero-order valence-electron chi connectivity index (χ0n) is 11.9. The number of anilines is 1. The predicted molar refractivity (Wildman–Crippen MR) is 77.9 cm³/mol. The number of carboxylic acid groups (broad SMARTS) is 1. The summed E-state index contributed by atoms with van der Waals surface area (Å²) in [6.07, 6.45) is 0. The van der Waals surface area contributed by atoms with Gasteiger partial charge in [-0.25, -0.2) is 0 Å². The van der Waals surface area contributed by atoms with Crippen LogP contribution < -0.4 is 10.2 Å². The maximum atomic E-state index is 11.4. The molecule has 110 valence electrons.